The summed E-state index contributed by atoms with van der Waals surface area (Å²) in [6.45, 7) is 6.20. The van der Waals surface area contributed by atoms with Gasteiger partial charge in [0, 0.05) is 11.5 Å². The highest BCUT2D eigenvalue weighted by Crippen LogP contribution is 2.79. The lowest BCUT2D eigenvalue weighted by Gasteiger charge is -2.72. The molecule has 2 atom stereocenters. The molecular weight excluding hydrogens is 425 g/mol. The molecule has 1 heterocycles. The van der Waals surface area contributed by atoms with E-state index >= 15 is 0 Å². The molecule has 11 heteroatoms. The van der Waals surface area contributed by atoms with Crippen molar-refractivity contribution in [1.82, 2.24) is 15.6 Å². The Kier molecular flexibility index (Phi) is 5.47. The zero-order valence-electron chi connectivity index (χ0n) is 17.5. The molecule has 3 saturated carbocycles. The van der Waals surface area contributed by atoms with Crippen LogP contribution in [0.5, 0.6) is 0 Å². The van der Waals surface area contributed by atoms with Crippen molar-refractivity contribution in [2.45, 2.75) is 70.8 Å². The zero-order valence-corrected chi connectivity index (χ0v) is 17.5. The molecule has 0 spiro atoms. The van der Waals surface area contributed by atoms with Gasteiger partial charge in [-0.3, -0.25) is 9.78 Å². The molecule has 31 heavy (non-hydrogen) atoms. The number of pyridine rings is 1. The third-order valence-corrected chi connectivity index (χ3v) is 5.81. The number of ether oxygens (including phenoxy) is 1. The molecule has 2 N–H and O–H groups in total. The Balaban J connectivity index is 1.76. The van der Waals surface area contributed by atoms with E-state index in [2.05, 4.69) is 15.6 Å². The summed E-state index contributed by atoms with van der Waals surface area (Å²) in [5.41, 5.74) is -4.02. The second kappa shape index (κ2) is 7.30. The number of amides is 2. The van der Waals surface area contributed by atoms with E-state index in [-0.39, 0.29) is 25.0 Å². The van der Waals surface area contributed by atoms with E-state index < -0.39 is 58.3 Å². The van der Waals surface area contributed by atoms with Crippen molar-refractivity contribution < 1.29 is 36.3 Å². The molecule has 6 nitrogen and oxygen atoms in total. The Morgan fingerprint density at radius 1 is 1.13 bits per heavy atom. The lowest BCUT2D eigenvalue weighted by molar-refractivity contribution is -0.366. The van der Waals surface area contributed by atoms with Crippen molar-refractivity contribution in [2.75, 3.05) is 0 Å². The van der Waals surface area contributed by atoms with Gasteiger partial charge in [0.05, 0.1) is 23.3 Å². The van der Waals surface area contributed by atoms with Gasteiger partial charge in [-0.2, -0.15) is 13.2 Å². The van der Waals surface area contributed by atoms with Gasteiger partial charge in [-0.05, 0) is 47.0 Å². The van der Waals surface area contributed by atoms with E-state index in [9.17, 15) is 31.5 Å². The average molecular weight is 449 g/mol. The van der Waals surface area contributed by atoms with Gasteiger partial charge in [-0.15, -0.1) is 0 Å². The largest absolute Gasteiger partial charge is 0.444 e. The lowest BCUT2D eigenvalue weighted by atomic mass is 9.32. The molecule has 0 radical (unpaired) electrons. The summed E-state index contributed by atoms with van der Waals surface area (Å²) in [4.78, 5) is 28.8. The van der Waals surface area contributed by atoms with Gasteiger partial charge in [0.1, 0.15) is 23.3 Å². The molecule has 4 rings (SSSR count). The highest BCUT2D eigenvalue weighted by atomic mass is 19.4. The van der Waals surface area contributed by atoms with Crippen LogP contribution < -0.4 is 10.6 Å². The SMILES string of the molecule is CC(NC(=O)C(NC(=O)OC(C)(C)C)C12CC(C(F)(F)F)(C1)C2)c1ncc(F)cc1F. The van der Waals surface area contributed by atoms with E-state index in [0.29, 0.717) is 6.07 Å². The first-order valence-corrected chi connectivity index (χ1v) is 9.75. The Hall–Kier alpha value is -2.46. The predicted octanol–water partition coefficient (Wildman–Crippen LogP) is 4.16. The summed E-state index contributed by atoms with van der Waals surface area (Å²) in [5.74, 6) is -2.67. The smallest absolute Gasteiger partial charge is 0.408 e. The quantitative estimate of drug-likeness (QED) is 0.662. The van der Waals surface area contributed by atoms with Crippen molar-refractivity contribution in [3.05, 3.63) is 29.6 Å². The van der Waals surface area contributed by atoms with Gasteiger partial charge in [0.25, 0.3) is 0 Å². The van der Waals surface area contributed by atoms with Crippen LogP contribution >= 0.6 is 0 Å². The van der Waals surface area contributed by atoms with Crippen molar-refractivity contribution in [2.24, 2.45) is 10.8 Å². The Labute approximate surface area is 175 Å². The van der Waals surface area contributed by atoms with E-state index in [1.165, 1.54) is 6.92 Å². The fourth-order valence-electron chi connectivity index (χ4n) is 4.50. The number of carbonyl (C=O) groups excluding carboxylic acids is 2. The summed E-state index contributed by atoms with van der Waals surface area (Å²) in [6.07, 6.45) is -5.45. The van der Waals surface area contributed by atoms with E-state index in [1.54, 1.807) is 20.8 Å². The molecule has 0 aromatic carbocycles. The molecule has 3 aliphatic carbocycles. The number of nitrogens with zero attached hydrogens (tertiary/aromatic N) is 1. The van der Waals surface area contributed by atoms with Crippen LogP contribution in [-0.4, -0.2) is 34.8 Å². The Morgan fingerprint density at radius 2 is 1.71 bits per heavy atom. The maximum atomic E-state index is 14.0. The van der Waals surface area contributed by atoms with Crippen molar-refractivity contribution in [1.29, 1.82) is 0 Å². The van der Waals surface area contributed by atoms with Crippen LogP contribution in [0, 0.1) is 22.5 Å². The minimum atomic E-state index is -4.39. The van der Waals surface area contributed by atoms with Crippen LogP contribution in [0.4, 0.5) is 26.7 Å². The molecule has 1 aromatic heterocycles. The topological polar surface area (TPSA) is 80.3 Å². The maximum Gasteiger partial charge on any atom is 0.408 e. The zero-order chi connectivity index (χ0) is 23.4. The van der Waals surface area contributed by atoms with Gasteiger partial charge in [0.15, 0.2) is 0 Å². The molecule has 172 valence electrons. The summed E-state index contributed by atoms with van der Waals surface area (Å²) >= 11 is 0. The first-order valence-electron chi connectivity index (χ1n) is 9.75. The molecule has 2 unspecified atom stereocenters. The van der Waals surface area contributed by atoms with Gasteiger partial charge in [0.2, 0.25) is 5.91 Å². The Bertz CT molecular complexity index is 877. The van der Waals surface area contributed by atoms with Crippen LogP contribution in [0.1, 0.15) is 58.7 Å². The number of alkyl halides is 3. The number of hydrogen-bond acceptors (Lipinski definition) is 4. The van der Waals surface area contributed by atoms with Crippen LogP contribution in [0.25, 0.3) is 0 Å². The first kappa shape index (κ1) is 23.2. The number of alkyl carbamates (subject to hydrolysis) is 1. The third-order valence-electron chi connectivity index (χ3n) is 5.81. The second-order valence-corrected chi connectivity index (χ2v) is 9.50. The highest BCUT2D eigenvalue weighted by Gasteiger charge is 2.81. The van der Waals surface area contributed by atoms with Crippen molar-refractivity contribution in [3.8, 4) is 0 Å². The van der Waals surface area contributed by atoms with Gasteiger partial charge in [-0.25, -0.2) is 13.6 Å². The van der Waals surface area contributed by atoms with Crippen LogP contribution in [0.15, 0.2) is 12.3 Å². The minimum Gasteiger partial charge on any atom is -0.444 e. The lowest BCUT2D eigenvalue weighted by Crippen LogP contribution is -2.76. The second-order valence-electron chi connectivity index (χ2n) is 9.50. The first-order chi connectivity index (χ1) is 14.1. The fraction of sp³-hybridized carbons (Fsp3) is 0.650. The van der Waals surface area contributed by atoms with E-state index in [0.717, 1.165) is 6.20 Å². The molecule has 3 fully saturated rings. The predicted molar refractivity (Wildman–Crippen MR) is 98.6 cm³/mol. The third kappa shape index (κ3) is 4.31. The number of aromatic nitrogens is 1. The molecule has 0 saturated heterocycles. The van der Waals surface area contributed by atoms with Crippen molar-refractivity contribution >= 4 is 12.0 Å². The minimum absolute atomic E-state index is 0.241. The van der Waals surface area contributed by atoms with Gasteiger partial charge in [-0.1, -0.05) is 0 Å². The van der Waals surface area contributed by atoms with Crippen LogP contribution in [0.2, 0.25) is 0 Å². The summed E-state index contributed by atoms with van der Waals surface area (Å²) in [5, 5.41) is 4.85. The average Bonchev–Trinajstić information content (AvgIpc) is 2.47. The highest BCUT2D eigenvalue weighted by molar-refractivity contribution is 5.87. The van der Waals surface area contributed by atoms with Crippen LogP contribution in [0.3, 0.4) is 0 Å². The fourth-order valence-corrected chi connectivity index (χ4v) is 4.50. The van der Waals surface area contributed by atoms with Crippen LogP contribution in [-0.2, 0) is 9.53 Å². The summed E-state index contributed by atoms with van der Waals surface area (Å²) < 4.78 is 72.0. The summed E-state index contributed by atoms with van der Waals surface area (Å²) in [7, 11) is 0. The van der Waals surface area contributed by atoms with E-state index in [4.69, 9.17) is 4.74 Å². The van der Waals surface area contributed by atoms with Crippen molar-refractivity contribution in [3.63, 3.8) is 0 Å². The monoisotopic (exact) mass is 449 g/mol. The molecule has 0 aliphatic heterocycles. The molecule has 2 bridgehead atoms. The molecule has 1 aromatic rings. The molecule has 3 aliphatic rings. The van der Waals surface area contributed by atoms with Gasteiger partial charge >= 0.3 is 12.3 Å². The maximum absolute atomic E-state index is 14.0. The number of rotatable bonds is 5. The van der Waals surface area contributed by atoms with Gasteiger partial charge < -0.3 is 15.4 Å². The standard InChI is InChI=1S/C20H24F5N3O3/c1-10(13-12(22)5-11(21)6-26-13)27-15(29)14(28-16(30)31-17(2,3)4)18-7-19(8-18,9-18)20(23,24)25/h5-6,10,14H,7-9H2,1-4H3,(H,27,29)(H,28,30). The number of halogens is 5. The Morgan fingerprint density at radius 3 is 2.19 bits per heavy atom. The van der Waals surface area contributed by atoms with E-state index in [1.807, 2.05) is 0 Å². The summed E-state index contributed by atoms with van der Waals surface area (Å²) in [6, 6.07) is -1.71. The number of hydrogen-bond donors (Lipinski definition) is 2. The molecule has 2 amide bonds. The molecular formula is C20H24F5N3O3. The number of carbonyl (C=O) groups is 2. The normalized spacial score (nSPS) is 26.7. The number of nitrogens with one attached hydrogen (secondary N) is 2.